The lowest BCUT2D eigenvalue weighted by molar-refractivity contribution is -0.209. The normalized spacial score (nSPS) is 20.3. The smallest absolute Gasteiger partial charge is 0.451 e. The summed E-state index contributed by atoms with van der Waals surface area (Å²) in [4.78, 5) is 70.3. The van der Waals surface area contributed by atoms with Gasteiger partial charge in [-0.25, -0.2) is 9.78 Å². The largest absolute Gasteiger partial charge is 0.490 e. The molecule has 61 heavy (non-hydrogen) atoms. The first kappa shape index (κ1) is 40.9. The van der Waals surface area contributed by atoms with Gasteiger partial charge in [-0.1, -0.05) is 85.8 Å². The number of para-hydroxylation sites is 1. The van der Waals surface area contributed by atoms with Gasteiger partial charge in [0.1, 0.15) is 6.10 Å². The zero-order valence-electron chi connectivity index (χ0n) is 32.8. The molecule has 2 fully saturated rings. The molecule has 8 rings (SSSR count). The number of carbonyl (C=O) groups excluding carboxylic acids is 4. The van der Waals surface area contributed by atoms with E-state index in [4.69, 9.17) is 14.7 Å². The highest BCUT2D eigenvalue weighted by Gasteiger charge is 2.51. The van der Waals surface area contributed by atoms with E-state index in [9.17, 15) is 37.5 Å². The summed E-state index contributed by atoms with van der Waals surface area (Å²) in [6.07, 6.45) is -5.60. The van der Waals surface area contributed by atoms with Crippen LogP contribution in [0.5, 0.6) is 0 Å². The maximum atomic E-state index is 13.6. The summed E-state index contributed by atoms with van der Waals surface area (Å²) in [5.41, 5.74) is 3.40. The molecule has 3 aromatic heterocycles. The number of hydrogen-bond donors (Lipinski definition) is 5. The van der Waals surface area contributed by atoms with Crippen molar-refractivity contribution >= 4 is 57.4 Å². The molecule has 18 heteroatoms. The van der Waals surface area contributed by atoms with Gasteiger partial charge in [-0.3, -0.25) is 14.4 Å². The number of aliphatic hydroxyl groups excluding tert-OH is 1. The van der Waals surface area contributed by atoms with Crippen molar-refractivity contribution in [1.82, 2.24) is 35.1 Å². The molecule has 1 saturated heterocycles. The van der Waals surface area contributed by atoms with Crippen LogP contribution in [0.4, 0.5) is 24.9 Å². The molecular weight excluding hydrogens is 796 g/mol. The van der Waals surface area contributed by atoms with Gasteiger partial charge in [0.05, 0.1) is 24.0 Å². The third-order valence-electron chi connectivity index (χ3n) is 11.3. The Balaban J connectivity index is 1.13. The third kappa shape index (κ3) is 8.48. The molecule has 0 radical (unpaired) electrons. The van der Waals surface area contributed by atoms with E-state index in [0.29, 0.717) is 24.9 Å². The average molecular weight is 838 g/mol. The minimum atomic E-state index is -5.35. The van der Waals surface area contributed by atoms with Crippen LogP contribution in [0.15, 0.2) is 97.5 Å². The molecule has 0 bridgehead atoms. The SMILES string of the molecule is CCC(=O)N[C@H]1C[C@@H](n2cnc3c(NCC(c4ccccc4)c4ccccc4)nc(N4CC[C@@H](NC(=O)C(=O)c5c[nH]c6ccccc56)C4)nc32)[C@H](OC(=O)C(F)(F)F)[C@@H]1O. The number of ketones is 1. The number of imidazole rings is 1. The second-order valence-corrected chi connectivity index (χ2v) is 15.1. The van der Waals surface area contributed by atoms with E-state index in [1.165, 1.54) is 17.1 Å². The lowest BCUT2D eigenvalue weighted by Crippen LogP contribution is -2.45. The highest BCUT2D eigenvalue weighted by Crippen LogP contribution is 2.38. The number of aromatic amines is 1. The number of H-pyrrole nitrogens is 1. The lowest BCUT2D eigenvalue weighted by atomic mass is 9.91. The third-order valence-corrected chi connectivity index (χ3v) is 11.3. The quantitative estimate of drug-likeness (QED) is 0.0609. The van der Waals surface area contributed by atoms with Gasteiger partial charge in [-0.2, -0.15) is 23.1 Å². The number of hydrogen-bond acceptors (Lipinski definition) is 11. The molecule has 15 nitrogen and oxygen atoms in total. The summed E-state index contributed by atoms with van der Waals surface area (Å²) in [6, 6.07) is 24.2. The average Bonchev–Trinajstić information content (AvgIpc) is 4.07. The van der Waals surface area contributed by atoms with Gasteiger partial charge in [0.15, 0.2) is 23.1 Å². The minimum Gasteiger partial charge on any atom is -0.451 e. The summed E-state index contributed by atoms with van der Waals surface area (Å²) in [7, 11) is 0. The van der Waals surface area contributed by atoms with Crippen LogP contribution >= 0.6 is 0 Å². The number of nitrogens with zero attached hydrogens (tertiary/aromatic N) is 5. The van der Waals surface area contributed by atoms with E-state index in [1.807, 2.05) is 71.6 Å². The number of aliphatic hydroxyl groups is 1. The molecule has 0 spiro atoms. The number of alkyl halides is 3. The molecule has 316 valence electrons. The van der Waals surface area contributed by atoms with E-state index in [2.05, 4.69) is 25.9 Å². The molecule has 2 aliphatic rings. The standard InChI is InChI=1S/C43H42F3N9O6/c1-2-33(56)51-31-19-32(37(36(31)58)61-41(60)43(44,45)46)55-23-49-34-38(48-20-28(24-11-5-3-6-12-24)25-13-7-4-8-14-25)52-42(53-39(34)55)54-18-17-26(22-54)50-40(59)35(57)29-21-47-30-16-10-9-15-27(29)30/h3-16,21,23,26,28,31-32,36-37,47,58H,2,17-20,22H2,1H3,(H,50,59)(H,51,56)(H,48,52,53)/t26-,31+,32-,36-,37+/m1/s1. The number of halogens is 3. The van der Waals surface area contributed by atoms with E-state index >= 15 is 0 Å². The zero-order chi connectivity index (χ0) is 42.8. The van der Waals surface area contributed by atoms with Crippen molar-refractivity contribution in [3.63, 3.8) is 0 Å². The summed E-state index contributed by atoms with van der Waals surface area (Å²) in [5, 5.41) is 20.8. The van der Waals surface area contributed by atoms with Crippen LogP contribution < -0.4 is 20.9 Å². The predicted molar refractivity (Wildman–Crippen MR) is 218 cm³/mol. The Morgan fingerprint density at radius 3 is 2.33 bits per heavy atom. The van der Waals surface area contributed by atoms with Crippen LogP contribution in [0.25, 0.3) is 22.1 Å². The summed E-state index contributed by atoms with van der Waals surface area (Å²) in [5.74, 6) is -4.09. The first-order valence-electron chi connectivity index (χ1n) is 19.9. The first-order chi connectivity index (χ1) is 29.4. The number of fused-ring (bicyclic) bond motifs is 2. The van der Waals surface area contributed by atoms with Gasteiger partial charge in [-0.15, -0.1) is 0 Å². The van der Waals surface area contributed by atoms with Gasteiger partial charge >= 0.3 is 12.1 Å². The number of amides is 2. The van der Waals surface area contributed by atoms with Gasteiger partial charge in [-0.05, 0) is 30.0 Å². The highest BCUT2D eigenvalue weighted by molar-refractivity contribution is 6.45. The van der Waals surface area contributed by atoms with Crippen LogP contribution in [-0.2, 0) is 19.1 Å². The van der Waals surface area contributed by atoms with E-state index in [1.54, 1.807) is 25.1 Å². The van der Waals surface area contributed by atoms with Gasteiger partial charge in [0, 0.05) is 55.1 Å². The first-order valence-corrected chi connectivity index (χ1v) is 19.9. The lowest BCUT2D eigenvalue weighted by Gasteiger charge is -2.25. The van der Waals surface area contributed by atoms with Crippen LogP contribution in [0, 0.1) is 0 Å². The fourth-order valence-electron chi connectivity index (χ4n) is 8.16. The zero-order valence-corrected chi connectivity index (χ0v) is 32.8. The molecule has 1 saturated carbocycles. The number of esters is 1. The Morgan fingerprint density at radius 1 is 0.951 bits per heavy atom. The van der Waals surface area contributed by atoms with Crippen LogP contribution in [0.1, 0.15) is 59.6 Å². The second kappa shape index (κ2) is 17.0. The minimum absolute atomic E-state index is 0.0436. The van der Waals surface area contributed by atoms with Gasteiger partial charge in [0.25, 0.3) is 11.7 Å². The van der Waals surface area contributed by atoms with Crippen LogP contribution in [-0.4, -0.2) is 103 Å². The molecule has 5 atom stereocenters. The Kier molecular flexibility index (Phi) is 11.4. The fourth-order valence-corrected chi connectivity index (χ4v) is 8.16. The monoisotopic (exact) mass is 837 g/mol. The Bertz CT molecular complexity index is 2530. The highest BCUT2D eigenvalue weighted by atomic mass is 19.4. The number of carbonyl (C=O) groups is 4. The molecule has 0 unspecified atom stereocenters. The molecule has 3 aromatic carbocycles. The molecule has 6 aromatic rings. The van der Waals surface area contributed by atoms with Crippen LogP contribution in [0.2, 0.25) is 0 Å². The maximum absolute atomic E-state index is 13.6. The van der Waals surface area contributed by atoms with Crippen molar-refractivity contribution in [1.29, 1.82) is 0 Å². The molecule has 5 N–H and O–H groups in total. The Labute approximate surface area is 346 Å². The number of anilines is 2. The molecule has 2 amide bonds. The van der Waals surface area contributed by atoms with E-state index < -0.39 is 60.1 Å². The molecule has 1 aliphatic heterocycles. The van der Waals surface area contributed by atoms with Crippen molar-refractivity contribution in [3.05, 3.63) is 114 Å². The van der Waals surface area contributed by atoms with Crippen molar-refractivity contribution in [3.8, 4) is 0 Å². The fraction of sp³-hybridized carbons (Fsp3) is 0.326. The van der Waals surface area contributed by atoms with Crippen molar-refractivity contribution in [2.45, 2.75) is 68.6 Å². The van der Waals surface area contributed by atoms with Crippen LogP contribution in [0.3, 0.4) is 0 Å². The molecule has 1 aliphatic carbocycles. The topological polar surface area (TPSA) is 196 Å². The van der Waals surface area contributed by atoms with Crippen molar-refractivity contribution in [2.24, 2.45) is 0 Å². The summed E-state index contributed by atoms with van der Waals surface area (Å²) >= 11 is 0. The number of rotatable bonds is 13. The second-order valence-electron chi connectivity index (χ2n) is 15.1. The Hall–Kier alpha value is -6.82. The Morgan fingerprint density at radius 2 is 1.64 bits per heavy atom. The van der Waals surface area contributed by atoms with Gasteiger partial charge < -0.3 is 40.2 Å². The molecule has 4 heterocycles. The van der Waals surface area contributed by atoms with Gasteiger partial charge in [0.2, 0.25) is 11.9 Å². The number of ether oxygens (including phenoxy) is 1. The number of aromatic nitrogens is 5. The predicted octanol–water partition coefficient (Wildman–Crippen LogP) is 4.80. The van der Waals surface area contributed by atoms with E-state index in [0.717, 1.165) is 16.6 Å². The van der Waals surface area contributed by atoms with Crippen molar-refractivity contribution in [2.75, 3.05) is 29.9 Å². The maximum Gasteiger partial charge on any atom is 0.490 e. The number of Topliss-reactive ketones (excluding diaryl/α,β-unsaturated/α-hetero) is 1. The number of nitrogens with one attached hydrogen (secondary N) is 4. The molecular formula is C43H42F3N9O6. The number of benzene rings is 3. The summed E-state index contributed by atoms with van der Waals surface area (Å²) < 4.78 is 47.0. The van der Waals surface area contributed by atoms with E-state index in [-0.39, 0.29) is 53.8 Å². The van der Waals surface area contributed by atoms with Crippen molar-refractivity contribution < 1.29 is 42.2 Å². The summed E-state index contributed by atoms with van der Waals surface area (Å²) in [6.45, 7) is 2.49.